The molecule has 1 aromatic carbocycles. The molecule has 0 spiro atoms. The summed E-state index contributed by atoms with van der Waals surface area (Å²) >= 11 is 0. The summed E-state index contributed by atoms with van der Waals surface area (Å²) in [6.07, 6.45) is 1.34. The predicted molar refractivity (Wildman–Crippen MR) is 109 cm³/mol. The molecule has 0 unspecified atom stereocenters. The maximum atomic E-state index is 12.7. The van der Waals surface area contributed by atoms with Gasteiger partial charge in [0.25, 0.3) is 5.91 Å². The van der Waals surface area contributed by atoms with Gasteiger partial charge in [-0.15, -0.1) is 0 Å². The highest BCUT2D eigenvalue weighted by Crippen LogP contribution is 2.26. The van der Waals surface area contributed by atoms with Gasteiger partial charge in [-0.05, 0) is 18.6 Å². The van der Waals surface area contributed by atoms with Gasteiger partial charge in [0.1, 0.15) is 6.33 Å². The molecule has 32 heavy (non-hydrogen) atoms. The fraction of sp³-hybridized carbons (Fsp3) is 0.227. The number of carbonyl (C=O) groups is 2. The van der Waals surface area contributed by atoms with Gasteiger partial charge in [0.15, 0.2) is 0 Å². The second-order valence-corrected chi connectivity index (χ2v) is 6.85. The number of hydrogen-bond donors (Lipinski definition) is 1. The molecule has 2 aromatic heterocycles. The Balaban J connectivity index is 0.000000360. The van der Waals surface area contributed by atoms with Crippen LogP contribution in [0.3, 0.4) is 0 Å². The van der Waals surface area contributed by atoms with Crippen molar-refractivity contribution in [3.05, 3.63) is 78.0 Å². The molecular weight excluding hydrogens is 425 g/mol. The second kappa shape index (κ2) is 9.99. The average Bonchev–Trinajstić information content (AvgIpc) is 3.02. The van der Waals surface area contributed by atoms with Crippen LogP contribution in [0.4, 0.5) is 13.2 Å². The van der Waals surface area contributed by atoms with Crippen molar-refractivity contribution in [1.82, 2.24) is 19.9 Å². The topological polar surface area (TPSA) is 96.3 Å². The van der Waals surface area contributed by atoms with E-state index in [0.29, 0.717) is 18.7 Å². The van der Waals surface area contributed by atoms with Gasteiger partial charge in [0.05, 0.1) is 11.3 Å². The van der Waals surface area contributed by atoms with Crippen LogP contribution in [0.25, 0.3) is 11.3 Å². The third-order valence-electron chi connectivity index (χ3n) is 4.77. The summed E-state index contributed by atoms with van der Waals surface area (Å²) in [4.78, 5) is 36.5. The molecule has 0 aliphatic carbocycles. The summed E-state index contributed by atoms with van der Waals surface area (Å²) < 4.78 is 31.7. The van der Waals surface area contributed by atoms with E-state index in [1.165, 1.54) is 0 Å². The predicted octanol–water partition coefficient (Wildman–Crippen LogP) is 3.41. The number of carboxylic acid groups (broad SMARTS) is 1. The van der Waals surface area contributed by atoms with Crippen molar-refractivity contribution in [2.75, 3.05) is 13.1 Å². The third-order valence-corrected chi connectivity index (χ3v) is 4.77. The Morgan fingerprint density at radius 2 is 1.66 bits per heavy atom. The third kappa shape index (κ3) is 5.65. The number of hydrogen-bond acceptors (Lipinski definition) is 5. The fourth-order valence-corrected chi connectivity index (χ4v) is 3.25. The molecule has 0 saturated heterocycles. The minimum Gasteiger partial charge on any atom is -0.475 e. The molecule has 1 aliphatic rings. The number of aromatic nitrogens is 3. The Morgan fingerprint density at radius 1 is 0.969 bits per heavy atom. The summed E-state index contributed by atoms with van der Waals surface area (Å²) in [5, 5.41) is 7.12. The lowest BCUT2D eigenvalue weighted by atomic mass is 10.0. The zero-order valence-corrected chi connectivity index (χ0v) is 16.8. The smallest absolute Gasteiger partial charge is 0.475 e. The number of carboxylic acids is 1. The second-order valence-electron chi connectivity index (χ2n) is 6.85. The molecule has 1 amide bonds. The molecular formula is C22H19F3N4O3. The Morgan fingerprint density at radius 3 is 2.28 bits per heavy atom. The van der Waals surface area contributed by atoms with E-state index >= 15 is 0 Å². The highest BCUT2D eigenvalue weighted by molar-refractivity contribution is 5.94. The molecule has 0 saturated carbocycles. The van der Waals surface area contributed by atoms with E-state index in [1.54, 1.807) is 24.8 Å². The van der Waals surface area contributed by atoms with E-state index in [2.05, 4.69) is 27.1 Å². The first-order valence-corrected chi connectivity index (χ1v) is 9.65. The molecule has 0 atom stereocenters. The zero-order chi connectivity index (χ0) is 23.1. The van der Waals surface area contributed by atoms with E-state index in [-0.39, 0.29) is 5.91 Å². The maximum Gasteiger partial charge on any atom is 0.490 e. The minimum absolute atomic E-state index is 0.0233. The van der Waals surface area contributed by atoms with Crippen molar-refractivity contribution in [3.63, 3.8) is 0 Å². The number of amides is 1. The van der Waals surface area contributed by atoms with E-state index < -0.39 is 12.1 Å². The number of nitrogens with zero attached hydrogens (tertiary/aromatic N) is 4. The van der Waals surface area contributed by atoms with Crippen molar-refractivity contribution >= 4 is 11.9 Å². The SMILES string of the molecule is O=C(O)C(F)(F)F.O=C(c1cccnc1)N1CCc2ncnc(-c3ccccc3)c2CC1. The first-order valence-electron chi connectivity index (χ1n) is 9.65. The largest absolute Gasteiger partial charge is 0.490 e. The minimum atomic E-state index is -5.08. The van der Waals surface area contributed by atoms with E-state index in [1.807, 2.05) is 29.2 Å². The molecule has 1 aliphatic heterocycles. The Kier molecular flexibility index (Phi) is 7.14. The Hall–Kier alpha value is -3.82. The molecule has 0 radical (unpaired) electrons. The monoisotopic (exact) mass is 444 g/mol. The number of pyridine rings is 1. The summed E-state index contributed by atoms with van der Waals surface area (Å²) in [7, 11) is 0. The van der Waals surface area contributed by atoms with Gasteiger partial charge in [0, 0.05) is 48.7 Å². The van der Waals surface area contributed by atoms with E-state index in [0.717, 1.165) is 35.4 Å². The quantitative estimate of drug-likeness (QED) is 0.651. The van der Waals surface area contributed by atoms with Crippen LogP contribution in [0.5, 0.6) is 0 Å². The number of fused-ring (bicyclic) bond motifs is 1. The standard InChI is InChI=1S/C20H18N4O.C2HF3O2/c25-20(16-7-4-10-21-13-16)24-11-8-17-18(9-12-24)22-14-23-19(17)15-5-2-1-3-6-15;3-2(4,5)1(6)7/h1-7,10,13-14H,8-9,11-12H2;(H,6,7). The van der Waals surface area contributed by atoms with Crippen LogP contribution in [-0.4, -0.2) is 56.1 Å². The molecule has 166 valence electrons. The lowest BCUT2D eigenvalue weighted by molar-refractivity contribution is -0.192. The number of carbonyl (C=O) groups excluding carboxylic acids is 1. The number of aliphatic carboxylic acids is 1. The molecule has 4 rings (SSSR count). The van der Waals surface area contributed by atoms with Crippen LogP contribution in [0, 0.1) is 0 Å². The molecule has 0 bridgehead atoms. The zero-order valence-electron chi connectivity index (χ0n) is 16.8. The highest BCUT2D eigenvalue weighted by Gasteiger charge is 2.38. The van der Waals surface area contributed by atoms with E-state index in [4.69, 9.17) is 9.90 Å². The Labute approximate surface area is 181 Å². The van der Waals surface area contributed by atoms with Crippen molar-refractivity contribution in [2.24, 2.45) is 0 Å². The average molecular weight is 444 g/mol. The van der Waals surface area contributed by atoms with Crippen LogP contribution in [0.1, 0.15) is 21.6 Å². The first kappa shape index (κ1) is 22.9. The number of halogens is 3. The van der Waals surface area contributed by atoms with Gasteiger partial charge in [-0.1, -0.05) is 30.3 Å². The fourth-order valence-electron chi connectivity index (χ4n) is 3.25. The maximum absolute atomic E-state index is 12.7. The number of alkyl halides is 3. The van der Waals surface area contributed by atoms with Crippen LogP contribution < -0.4 is 0 Å². The number of benzene rings is 1. The summed E-state index contributed by atoms with van der Waals surface area (Å²) in [6.45, 7) is 1.32. The normalized spacial score (nSPS) is 13.3. The number of rotatable bonds is 2. The Bertz CT molecular complexity index is 1080. The summed E-state index contributed by atoms with van der Waals surface area (Å²) in [5.41, 5.74) is 4.88. The lowest BCUT2D eigenvalue weighted by Crippen LogP contribution is -2.33. The first-order chi connectivity index (χ1) is 15.3. The van der Waals surface area contributed by atoms with Crippen LogP contribution in [0.15, 0.2) is 61.2 Å². The van der Waals surface area contributed by atoms with Crippen molar-refractivity contribution in [3.8, 4) is 11.3 Å². The lowest BCUT2D eigenvalue weighted by Gasteiger charge is -2.20. The van der Waals surface area contributed by atoms with Gasteiger partial charge in [0.2, 0.25) is 0 Å². The summed E-state index contributed by atoms with van der Waals surface area (Å²) in [5.74, 6) is -2.73. The van der Waals surface area contributed by atoms with Gasteiger partial charge in [-0.3, -0.25) is 9.78 Å². The van der Waals surface area contributed by atoms with Crippen LogP contribution >= 0.6 is 0 Å². The van der Waals surface area contributed by atoms with Gasteiger partial charge in [-0.2, -0.15) is 13.2 Å². The van der Waals surface area contributed by atoms with Crippen LogP contribution in [0.2, 0.25) is 0 Å². The van der Waals surface area contributed by atoms with E-state index in [9.17, 15) is 18.0 Å². The highest BCUT2D eigenvalue weighted by atomic mass is 19.4. The molecule has 10 heteroatoms. The van der Waals surface area contributed by atoms with Gasteiger partial charge < -0.3 is 10.0 Å². The molecule has 3 aromatic rings. The molecule has 3 heterocycles. The van der Waals surface area contributed by atoms with Gasteiger partial charge >= 0.3 is 12.1 Å². The molecule has 1 N–H and O–H groups in total. The molecule has 0 fully saturated rings. The van der Waals surface area contributed by atoms with Crippen molar-refractivity contribution < 1.29 is 27.9 Å². The van der Waals surface area contributed by atoms with Crippen molar-refractivity contribution in [2.45, 2.75) is 19.0 Å². The molecule has 7 nitrogen and oxygen atoms in total. The van der Waals surface area contributed by atoms with Crippen molar-refractivity contribution in [1.29, 1.82) is 0 Å². The van der Waals surface area contributed by atoms with Crippen LogP contribution in [-0.2, 0) is 17.6 Å². The summed E-state index contributed by atoms with van der Waals surface area (Å²) in [6, 6.07) is 13.7. The van der Waals surface area contributed by atoms with Gasteiger partial charge in [-0.25, -0.2) is 14.8 Å².